The van der Waals surface area contributed by atoms with Crippen LogP contribution in [0.4, 0.5) is 0 Å². The molecule has 0 fully saturated rings. The van der Waals surface area contributed by atoms with Gasteiger partial charge in [-0.15, -0.1) is 0 Å². The second-order valence-electron chi connectivity index (χ2n) is 2.41. The molecule has 0 N–H and O–H groups in total. The Kier molecular flexibility index (Phi) is 1.96. The summed E-state index contributed by atoms with van der Waals surface area (Å²) in [6.07, 6.45) is 0. The molecule has 0 amide bonds. The monoisotopic (exact) mass is 290 g/mol. The number of para-hydroxylation sites is 1. The molecule has 12 heavy (non-hydrogen) atoms. The lowest BCUT2D eigenvalue weighted by Crippen LogP contribution is -2.10. The minimum Gasteiger partial charge on any atom is -0.469 e. The first-order valence-corrected chi connectivity index (χ1v) is 5.04. The van der Waals surface area contributed by atoms with Crippen LogP contribution in [-0.4, -0.2) is 10.8 Å². The van der Waals surface area contributed by atoms with Gasteiger partial charge >= 0.3 is 0 Å². The van der Waals surface area contributed by atoms with Crippen LogP contribution in [0.3, 0.4) is 0 Å². The Morgan fingerprint density at radius 3 is 2.83 bits per heavy atom. The lowest BCUT2D eigenvalue weighted by molar-refractivity contribution is 0.0942. The topological polar surface area (TPSA) is 26.3 Å². The van der Waals surface area contributed by atoms with Crippen LogP contribution in [0.1, 0.15) is 10.4 Å². The molecule has 2 nitrogen and oxygen atoms in total. The molecule has 0 spiro atoms. The maximum Gasteiger partial charge on any atom is 0.218 e. The number of carbonyl (C=O) groups excluding carboxylic acids is 1. The Bertz CT molecular complexity index is 349. The van der Waals surface area contributed by atoms with Crippen LogP contribution in [0.15, 0.2) is 22.7 Å². The van der Waals surface area contributed by atoms with Gasteiger partial charge in [0.15, 0.2) is 0 Å². The molecule has 0 aromatic heterocycles. The quantitative estimate of drug-likeness (QED) is 0.687. The van der Waals surface area contributed by atoms with Crippen molar-refractivity contribution >= 4 is 37.6 Å². The summed E-state index contributed by atoms with van der Waals surface area (Å²) in [5, 5.41) is -0.522. The van der Waals surface area contributed by atoms with Gasteiger partial charge in [0.25, 0.3) is 0 Å². The number of ketones is 1. The fourth-order valence-electron chi connectivity index (χ4n) is 1.10. The molecule has 0 bridgehead atoms. The summed E-state index contributed by atoms with van der Waals surface area (Å²) in [6, 6.07) is 5.41. The van der Waals surface area contributed by atoms with E-state index in [0.29, 0.717) is 11.3 Å². The van der Waals surface area contributed by atoms with Gasteiger partial charge in [-0.05, 0) is 44.0 Å². The second kappa shape index (κ2) is 2.85. The summed E-state index contributed by atoms with van der Waals surface area (Å²) in [5.41, 5.74) is 0.631. The summed E-state index contributed by atoms with van der Waals surface area (Å²) in [4.78, 5) is 11.4. The Morgan fingerprint density at radius 2 is 2.17 bits per heavy atom. The SMILES string of the molecule is O=C1c2cccc(Br)c2O[C@@H]1Br. The minimum atomic E-state index is -0.522. The molecule has 1 aliphatic rings. The van der Waals surface area contributed by atoms with E-state index in [1.165, 1.54) is 0 Å². The van der Waals surface area contributed by atoms with Gasteiger partial charge in [0.2, 0.25) is 10.8 Å². The first-order chi connectivity index (χ1) is 5.70. The number of carbonyl (C=O) groups is 1. The largest absolute Gasteiger partial charge is 0.469 e. The number of alkyl halides is 1. The van der Waals surface area contributed by atoms with Gasteiger partial charge in [-0.2, -0.15) is 0 Å². The van der Waals surface area contributed by atoms with E-state index in [-0.39, 0.29) is 5.78 Å². The maximum atomic E-state index is 11.4. The van der Waals surface area contributed by atoms with Crippen molar-refractivity contribution in [3.05, 3.63) is 28.2 Å². The normalized spacial score (nSPS) is 20.5. The molecule has 1 atom stereocenters. The predicted octanol–water partition coefficient (Wildman–Crippen LogP) is 2.75. The highest BCUT2D eigenvalue weighted by Crippen LogP contribution is 2.37. The fraction of sp³-hybridized carbons (Fsp3) is 0.125. The molecule has 1 aromatic carbocycles. The minimum absolute atomic E-state index is 0.0219. The highest BCUT2D eigenvalue weighted by atomic mass is 79.9. The third kappa shape index (κ3) is 1.10. The van der Waals surface area contributed by atoms with Crippen molar-refractivity contribution in [2.45, 2.75) is 5.01 Å². The number of hydrogen-bond donors (Lipinski definition) is 0. The van der Waals surface area contributed by atoms with E-state index in [0.717, 1.165) is 4.47 Å². The van der Waals surface area contributed by atoms with Crippen molar-refractivity contribution in [3.8, 4) is 5.75 Å². The van der Waals surface area contributed by atoms with E-state index in [2.05, 4.69) is 31.9 Å². The van der Waals surface area contributed by atoms with Crippen LogP contribution in [0, 0.1) is 0 Å². The number of hydrogen-bond acceptors (Lipinski definition) is 2. The molecular weight excluding hydrogens is 288 g/mol. The molecule has 4 heteroatoms. The van der Waals surface area contributed by atoms with Crippen molar-refractivity contribution in [2.75, 3.05) is 0 Å². The molecule has 0 aliphatic carbocycles. The Hall–Kier alpha value is -0.350. The van der Waals surface area contributed by atoms with Gasteiger partial charge in [0, 0.05) is 0 Å². The number of benzene rings is 1. The third-order valence-electron chi connectivity index (χ3n) is 1.66. The number of fused-ring (bicyclic) bond motifs is 1. The number of rotatable bonds is 0. The zero-order valence-corrected chi connectivity index (χ0v) is 9.05. The van der Waals surface area contributed by atoms with Crippen molar-refractivity contribution in [1.29, 1.82) is 0 Å². The number of ether oxygens (including phenoxy) is 1. The highest BCUT2D eigenvalue weighted by molar-refractivity contribution is 9.10. The smallest absolute Gasteiger partial charge is 0.218 e. The predicted molar refractivity (Wildman–Crippen MR) is 51.8 cm³/mol. The maximum absolute atomic E-state index is 11.4. The van der Waals surface area contributed by atoms with E-state index in [4.69, 9.17) is 4.74 Å². The molecule has 1 aromatic rings. The average Bonchev–Trinajstić information content (AvgIpc) is 2.32. The zero-order chi connectivity index (χ0) is 8.72. The van der Waals surface area contributed by atoms with Gasteiger partial charge in [-0.25, -0.2) is 0 Å². The van der Waals surface area contributed by atoms with Gasteiger partial charge in [-0.3, -0.25) is 4.79 Å². The van der Waals surface area contributed by atoms with Crippen molar-refractivity contribution in [3.63, 3.8) is 0 Å². The van der Waals surface area contributed by atoms with Crippen molar-refractivity contribution in [2.24, 2.45) is 0 Å². The summed E-state index contributed by atoms with van der Waals surface area (Å²) in [7, 11) is 0. The lowest BCUT2D eigenvalue weighted by atomic mass is 10.1. The first-order valence-electron chi connectivity index (χ1n) is 3.33. The zero-order valence-electron chi connectivity index (χ0n) is 5.88. The van der Waals surface area contributed by atoms with E-state index in [1.54, 1.807) is 6.07 Å². The van der Waals surface area contributed by atoms with Crippen LogP contribution in [0.25, 0.3) is 0 Å². The number of halogens is 2. The van der Waals surface area contributed by atoms with E-state index >= 15 is 0 Å². The average molecular weight is 292 g/mol. The summed E-state index contributed by atoms with van der Waals surface area (Å²) in [5.74, 6) is 0.607. The van der Waals surface area contributed by atoms with Gasteiger partial charge < -0.3 is 4.74 Å². The van der Waals surface area contributed by atoms with Crippen LogP contribution >= 0.6 is 31.9 Å². The van der Waals surface area contributed by atoms with Crippen LogP contribution in [-0.2, 0) is 0 Å². The van der Waals surface area contributed by atoms with E-state index < -0.39 is 5.01 Å². The van der Waals surface area contributed by atoms with E-state index in [9.17, 15) is 4.79 Å². The molecule has 1 heterocycles. The van der Waals surface area contributed by atoms with Crippen LogP contribution < -0.4 is 4.74 Å². The standard InChI is InChI=1S/C8H4Br2O2/c9-5-3-1-2-4-6(11)8(10)12-7(4)5/h1-3,8H/t8-/m0/s1. The Labute approximate surface area is 86.2 Å². The summed E-state index contributed by atoms with van der Waals surface area (Å²) in [6.45, 7) is 0. The fourth-order valence-corrected chi connectivity index (χ4v) is 2.00. The molecule has 1 aliphatic heterocycles. The van der Waals surface area contributed by atoms with E-state index in [1.807, 2.05) is 12.1 Å². The number of Topliss-reactive ketones (excluding diaryl/α,β-unsaturated/α-hetero) is 1. The third-order valence-corrected chi connectivity index (χ3v) is 2.89. The van der Waals surface area contributed by atoms with Gasteiger partial charge in [-0.1, -0.05) is 6.07 Å². The summed E-state index contributed by atoms with van der Waals surface area (Å²) >= 11 is 6.43. The van der Waals surface area contributed by atoms with Crippen LogP contribution in [0.2, 0.25) is 0 Å². The molecule has 0 saturated heterocycles. The van der Waals surface area contributed by atoms with Crippen molar-refractivity contribution < 1.29 is 9.53 Å². The second-order valence-corrected chi connectivity index (χ2v) is 4.10. The molecule has 62 valence electrons. The molecular formula is C8H4Br2O2. The first kappa shape index (κ1) is 8.26. The molecule has 0 unspecified atom stereocenters. The molecule has 0 saturated carbocycles. The Morgan fingerprint density at radius 1 is 1.42 bits per heavy atom. The van der Waals surface area contributed by atoms with Gasteiger partial charge in [0.1, 0.15) is 5.75 Å². The highest BCUT2D eigenvalue weighted by Gasteiger charge is 2.31. The Balaban J connectivity index is 2.61. The lowest BCUT2D eigenvalue weighted by Gasteiger charge is -2.00. The van der Waals surface area contributed by atoms with Crippen LogP contribution in [0.5, 0.6) is 5.75 Å². The molecule has 2 rings (SSSR count). The van der Waals surface area contributed by atoms with Crippen molar-refractivity contribution in [1.82, 2.24) is 0 Å². The van der Waals surface area contributed by atoms with Gasteiger partial charge in [0.05, 0.1) is 10.0 Å². The summed E-state index contributed by atoms with van der Waals surface area (Å²) < 4.78 is 6.09. The molecule has 0 radical (unpaired) electrons.